The molecule has 1 amide bonds. The zero-order valence-electron chi connectivity index (χ0n) is 19.1. The number of nitrogens with zero attached hydrogens (tertiary/aromatic N) is 1. The van der Waals surface area contributed by atoms with E-state index < -0.39 is 0 Å². The summed E-state index contributed by atoms with van der Waals surface area (Å²) in [5.41, 5.74) is 6.16. The summed E-state index contributed by atoms with van der Waals surface area (Å²) in [7, 11) is 5.75. The Morgan fingerprint density at radius 3 is 2.41 bits per heavy atom. The summed E-state index contributed by atoms with van der Waals surface area (Å²) >= 11 is 0. The number of amides is 1. The summed E-state index contributed by atoms with van der Waals surface area (Å²) in [6.45, 7) is 2.96. The molecule has 5 nitrogen and oxygen atoms in total. The number of hydrogen-bond acceptors (Lipinski definition) is 4. The van der Waals surface area contributed by atoms with E-state index in [2.05, 4.69) is 10.2 Å². The van der Waals surface area contributed by atoms with Gasteiger partial charge in [0.05, 0.1) is 7.11 Å². The van der Waals surface area contributed by atoms with E-state index in [1.165, 1.54) is 0 Å². The Hall–Kier alpha value is -3.44. The predicted molar refractivity (Wildman–Crippen MR) is 130 cm³/mol. The van der Waals surface area contributed by atoms with Gasteiger partial charge in [-0.2, -0.15) is 0 Å². The molecule has 0 fully saturated rings. The van der Waals surface area contributed by atoms with Gasteiger partial charge in [0.1, 0.15) is 12.0 Å². The molecule has 3 aromatic rings. The second-order valence-electron chi connectivity index (χ2n) is 8.16. The van der Waals surface area contributed by atoms with E-state index in [4.69, 9.17) is 4.74 Å². The fourth-order valence-electron chi connectivity index (χ4n) is 3.72. The highest BCUT2D eigenvalue weighted by molar-refractivity contribution is 6.04. The average molecular weight is 431 g/mol. The third-order valence-corrected chi connectivity index (χ3v) is 5.43. The first-order valence-electron chi connectivity index (χ1n) is 10.7. The smallest absolute Gasteiger partial charge is 0.255 e. The van der Waals surface area contributed by atoms with Crippen molar-refractivity contribution in [3.63, 3.8) is 0 Å². The summed E-state index contributed by atoms with van der Waals surface area (Å²) < 4.78 is 5.47. The summed E-state index contributed by atoms with van der Waals surface area (Å²) in [5.74, 6) is 0.654. The number of aldehydes is 1. The second-order valence-corrected chi connectivity index (χ2v) is 8.16. The minimum absolute atomic E-state index is 0.152. The minimum Gasteiger partial charge on any atom is -0.496 e. The van der Waals surface area contributed by atoms with Crippen LogP contribution in [0.25, 0.3) is 11.1 Å². The molecule has 0 spiro atoms. The van der Waals surface area contributed by atoms with E-state index >= 15 is 0 Å². The highest BCUT2D eigenvalue weighted by atomic mass is 16.5. The molecule has 0 unspecified atom stereocenters. The van der Waals surface area contributed by atoms with E-state index in [9.17, 15) is 9.59 Å². The number of nitrogens with one attached hydrogen (secondary N) is 1. The van der Waals surface area contributed by atoms with Crippen LogP contribution in [0.2, 0.25) is 0 Å². The number of aryl methyl sites for hydroxylation is 2. The normalized spacial score (nSPS) is 10.8. The standard InChI is InChI=1S/C27H30N2O3/c1-19-16-20(18-30)7-13-25(19)21-8-11-24(12-9-21)28-27(31)23-10-14-26(32-4)22(17-23)6-5-15-29(2)3/h7-14,16-18H,5-6,15H2,1-4H3,(H,28,31). The molecule has 3 rings (SSSR count). The lowest BCUT2D eigenvalue weighted by atomic mass is 9.98. The maximum atomic E-state index is 12.8. The van der Waals surface area contributed by atoms with Gasteiger partial charge in [-0.15, -0.1) is 0 Å². The molecule has 0 aliphatic carbocycles. The molecule has 0 atom stereocenters. The molecule has 0 aliphatic heterocycles. The number of methoxy groups -OCH3 is 1. The van der Waals surface area contributed by atoms with Gasteiger partial charge < -0.3 is 15.0 Å². The minimum atomic E-state index is -0.152. The zero-order chi connectivity index (χ0) is 23.1. The zero-order valence-corrected chi connectivity index (χ0v) is 19.1. The maximum absolute atomic E-state index is 12.8. The van der Waals surface area contributed by atoms with Gasteiger partial charge in [-0.05, 0) is 99.1 Å². The first-order valence-corrected chi connectivity index (χ1v) is 10.7. The Kier molecular flexibility index (Phi) is 7.79. The molecule has 0 heterocycles. The van der Waals surface area contributed by atoms with E-state index in [0.29, 0.717) is 11.1 Å². The van der Waals surface area contributed by atoms with Crippen LogP contribution in [0.5, 0.6) is 5.75 Å². The lowest BCUT2D eigenvalue weighted by molar-refractivity contribution is 0.102. The van der Waals surface area contributed by atoms with Crippen LogP contribution in [0.15, 0.2) is 60.7 Å². The van der Waals surface area contributed by atoms with Gasteiger partial charge in [-0.3, -0.25) is 9.59 Å². The van der Waals surface area contributed by atoms with Crippen molar-refractivity contribution in [2.24, 2.45) is 0 Å². The molecule has 32 heavy (non-hydrogen) atoms. The van der Waals surface area contributed by atoms with Gasteiger partial charge in [0.2, 0.25) is 0 Å². The van der Waals surface area contributed by atoms with Crippen LogP contribution >= 0.6 is 0 Å². The molecule has 0 saturated carbocycles. The molecule has 0 bridgehead atoms. The van der Waals surface area contributed by atoms with Crippen molar-refractivity contribution in [2.45, 2.75) is 19.8 Å². The van der Waals surface area contributed by atoms with Crippen LogP contribution < -0.4 is 10.1 Å². The van der Waals surface area contributed by atoms with Crippen LogP contribution in [0.3, 0.4) is 0 Å². The first kappa shape index (κ1) is 23.2. The van der Waals surface area contributed by atoms with Gasteiger partial charge in [-0.1, -0.05) is 24.3 Å². The van der Waals surface area contributed by atoms with Crippen LogP contribution in [0.1, 0.15) is 38.3 Å². The Morgan fingerprint density at radius 2 is 1.78 bits per heavy atom. The van der Waals surface area contributed by atoms with Gasteiger partial charge in [0.25, 0.3) is 5.91 Å². The largest absolute Gasteiger partial charge is 0.496 e. The molecule has 5 heteroatoms. The van der Waals surface area contributed by atoms with Crippen molar-refractivity contribution in [1.82, 2.24) is 4.90 Å². The fourth-order valence-corrected chi connectivity index (χ4v) is 3.72. The molecule has 1 N–H and O–H groups in total. The van der Waals surface area contributed by atoms with Crippen molar-refractivity contribution in [1.29, 1.82) is 0 Å². The van der Waals surface area contributed by atoms with E-state index in [1.54, 1.807) is 13.2 Å². The third-order valence-electron chi connectivity index (χ3n) is 5.43. The van der Waals surface area contributed by atoms with Crippen molar-refractivity contribution >= 4 is 17.9 Å². The summed E-state index contributed by atoms with van der Waals surface area (Å²) in [6.07, 6.45) is 2.69. The molecule has 0 saturated heterocycles. The third kappa shape index (κ3) is 5.83. The van der Waals surface area contributed by atoms with Crippen molar-refractivity contribution in [2.75, 3.05) is 33.1 Å². The molecule has 166 valence electrons. The molecular formula is C27H30N2O3. The lowest BCUT2D eigenvalue weighted by Crippen LogP contribution is -2.14. The predicted octanol–water partition coefficient (Wildman–Crippen LogP) is 5.23. The fraction of sp³-hybridized carbons (Fsp3) is 0.259. The molecule has 0 radical (unpaired) electrons. The van der Waals surface area contributed by atoms with Gasteiger partial charge in [0.15, 0.2) is 0 Å². The second kappa shape index (κ2) is 10.7. The number of anilines is 1. The van der Waals surface area contributed by atoms with E-state index in [1.807, 2.05) is 75.6 Å². The Bertz CT molecular complexity index is 1090. The first-order chi connectivity index (χ1) is 15.4. The van der Waals surface area contributed by atoms with Crippen molar-refractivity contribution in [3.8, 4) is 16.9 Å². The average Bonchev–Trinajstić information content (AvgIpc) is 2.79. The summed E-state index contributed by atoms with van der Waals surface area (Å²) in [5, 5.41) is 2.97. The Labute approximate surface area is 190 Å². The quantitative estimate of drug-likeness (QED) is 0.472. The molecular weight excluding hydrogens is 400 g/mol. The van der Waals surface area contributed by atoms with E-state index in [-0.39, 0.29) is 5.91 Å². The monoisotopic (exact) mass is 430 g/mol. The van der Waals surface area contributed by atoms with Crippen LogP contribution in [0.4, 0.5) is 5.69 Å². The van der Waals surface area contributed by atoms with Crippen molar-refractivity contribution in [3.05, 3.63) is 82.9 Å². The maximum Gasteiger partial charge on any atom is 0.255 e. The number of carbonyl (C=O) groups is 2. The number of hydrogen-bond donors (Lipinski definition) is 1. The van der Waals surface area contributed by atoms with Crippen molar-refractivity contribution < 1.29 is 14.3 Å². The summed E-state index contributed by atoms with van der Waals surface area (Å²) in [6, 6.07) is 18.9. The molecule has 3 aromatic carbocycles. The van der Waals surface area contributed by atoms with Gasteiger partial charge in [-0.25, -0.2) is 0 Å². The van der Waals surface area contributed by atoms with E-state index in [0.717, 1.165) is 59.4 Å². The highest BCUT2D eigenvalue weighted by Gasteiger charge is 2.11. The Balaban J connectivity index is 1.72. The lowest BCUT2D eigenvalue weighted by Gasteiger charge is -2.13. The molecule has 0 aliphatic rings. The number of ether oxygens (including phenoxy) is 1. The summed E-state index contributed by atoms with van der Waals surface area (Å²) in [4.78, 5) is 25.9. The Morgan fingerprint density at radius 1 is 1.03 bits per heavy atom. The molecule has 0 aromatic heterocycles. The van der Waals surface area contributed by atoms with Crippen LogP contribution in [-0.2, 0) is 6.42 Å². The highest BCUT2D eigenvalue weighted by Crippen LogP contribution is 2.26. The van der Waals surface area contributed by atoms with Crippen LogP contribution in [0, 0.1) is 6.92 Å². The number of benzene rings is 3. The van der Waals surface area contributed by atoms with Gasteiger partial charge in [0, 0.05) is 16.8 Å². The number of rotatable bonds is 9. The topological polar surface area (TPSA) is 58.6 Å². The number of carbonyl (C=O) groups excluding carboxylic acids is 2. The van der Waals surface area contributed by atoms with Gasteiger partial charge >= 0.3 is 0 Å². The SMILES string of the molecule is COc1ccc(C(=O)Nc2ccc(-c3ccc(C=O)cc3C)cc2)cc1CCCN(C)C. The van der Waals surface area contributed by atoms with Crippen LogP contribution in [-0.4, -0.2) is 44.8 Å².